The molecule has 4 nitrogen and oxygen atoms in total. The van der Waals surface area contributed by atoms with Crippen molar-refractivity contribution < 1.29 is 35.3 Å². The van der Waals surface area contributed by atoms with E-state index in [0.717, 1.165) is 13.8 Å². The second-order valence-electron chi connectivity index (χ2n) is 8.18. The van der Waals surface area contributed by atoms with E-state index in [1.165, 1.54) is 0 Å². The van der Waals surface area contributed by atoms with Crippen molar-refractivity contribution in [3.63, 3.8) is 0 Å². The summed E-state index contributed by atoms with van der Waals surface area (Å²) in [5.74, 6) is -7.93. The molecular weight excluding hydrogens is 376 g/mol. The van der Waals surface area contributed by atoms with E-state index in [-0.39, 0.29) is 51.4 Å². The fourth-order valence-electron chi connectivity index (χ4n) is 4.04. The molecular formula is C17H28F4O4S. The highest BCUT2D eigenvalue weighted by atomic mass is 32.2. The van der Waals surface area contributed by atoms with Crippen molar-refractivity contribution in [1.82, 2.24) is 0 Å². The quantitative estimate of drug-likeness (QED) is 0.534. The van der Waals surface area contributed by atoms with Gasteiger partial charge in [-0.1, -0.05) is 0 Å². The number of hydrogen-bond donors (Lipinski definition) is 1. The second-order valence-corrected chi connectivity index (χ2v) is 9.78. The molecule has 0 aliphatic heterocycles. The summed E-state index contributed by atoms with van der Waals surface area (Å²) in [6.45, 7) is 1.69. The third-order valence-corrected chi connectivity index (χ3v) is 7.21. The van der Waals surface area contributed by atoms with Gasteiger partial charge in [0.1, 0.15) is 5.75 Å². The van der Waals surface area contributed by atoms with E-state index in [0.29, 0.717) is 0 Å². The van der Waals surface area contributed by atoms with Gasteiger partial charge in [-0.15, -0.1) is 0 Å². The largest absolute Gasteiger partial charge is 0.389 e. The third-order valence-electron chi connectivity index (χ3n) is 5.75. The topological polar surface area (TPSA) is 63.6 Å². The van der Waals surface area contributed by atoms with Crippen molar-refractivity contribution in [2.45, 2.75) is 88.8 Å². The van der Waals surface area contributed by atoms with Crippen molar-refractivity contribution in [3.8, 4) is 0 Å². The predicted molar refractivity (Wildman–Crippen MR) is 88.8 cm³/mol. The Balaban J connectivity index is 1.86. The van der Waals surface area contributed by atoms with E-state index in [4.69, 9.17) is 4.18 Å². The van der Waals surface area contributed by atoms with Gasteiger partial charge in [-0.2, -0.15) is 8.42 Å². The number of halogens is 4. The Morgan fingerprint density at radius 1 is 0.923 bits per heavy atom. The Kier molecular flexibility index (Phi) is 6.35. The number of aliphatic hydroxyl groups is 1. The van der Waals surface area contributed by atoms with Gasteiger partial charge >= 0.3 is 0 Å². The first-order valence-corrected chi connectivity index (χ1v) is 10.7. The van der Waals surface area contributed by atoms with Crippen LogP contribution in [0.3, 0.4) is 0 Å². The molecule has 154 valence electrons. The minimum atomic E-state index is -4.07. The summed E-state index contributed by atoms with van der Waals surface area (Å²) in [7, 11) is -4.07. The molecule has 0 radical (unpaired) electrons. The van der Waals surface area contributed by atoms with Gasteiger partial charge < -0.3 is 5.11 Å². The molecule has 0 aromatic carbocycles. The minimum absolute atomic E-state index is 0.0293. The summed E-state index contributed by atoms with van der Waals surface area (Å²) >= 11 is 0. The molecule has 0 aromatic rings. The van der Waals surface area contributed by atoms with Gasteiger partial charge in [-0.3, -0.25) is 4.18 Å². The third kappa shape index (κ3) is 6.05. The molecule has 0 atom stereocenters. The Morgan fingerprint density at radius 3 is 1.77 bits per heavy atom. The molecule has 0 spiro atoms. The first-order valence-electron chi connectivity index (χ1n) is 9.09. The van der Waals surface area contributed by atoms with Crippen LogP contribution in [0, 0.1) is 11.8 Å². The van der Waals surface area contributed by atoms with Crippen molar-refractivity contribution in [3.05, 3.63) is 0 Å². The molecule has 26 heavy (non-hydrogen) atoms. The monoisotopic (exact) mass is 404 g/mol. The van der Waals surface area contributed by atoms with Crippen LogP contribution in [0.1, 0.15) is 65.2 Å². The maximum Gasteiger partial charge on any atom is 0.270 e. The van der Waals surface area contributed by atoms with E-state index < -0.39 is 51.3 Å². The van der Waals surface area contributed by atoms with Crippen molar-refractivity contribution >= 4 is 10.1 Å². The predicted octanol–water partition coefficient (Wildman–Crippen LogP) is 4.12. The van der Waals surface area contributed by atoms with E-state index in [1.807, 2.05) is 0 Å². The molecule has 0 heterocycles. The first-order chi connectivity index (χ1) is 11.7. The normalized spacial score (nSPS) is 34.7. The lowest BCUT2D eigenvalue weighted by atomic mass is 9.77. The summed E-state index contributed by atoms with van der Waals surface area (Å²) in [4.78, 5) is 0. The van der Waals surface area contributed by atoms with Gasteiger partial charge in [0, 0.05) is 11.8 Å². The maximum atomic E-state index is 13.3. The highest BCUT2D eigenvalue weighted by Gasteiger charge is 2.45. The lowest BCUT2D eigenvalue weighted by molar-refractivity contribution is -0.0839. The van der Waals surface area contributed by atoms with Crippen LogP contribution in [0.2, 0.25) is 0 Å². The van der Waals surface area contributed by atoms with Crippen LogP contribution in [-0.2, 0) is 14.3 Å². The van der Waals surface area contributed by atoms with E-state index >= 15 is 0 Å². The highest BCUT2D eigenvalue weighted by molar-refractivity contribution is 7.86. The van der Waals surface area contributed by atoms with Gasteiger partial charge in [0.15, 0.2) is 0 Å². The molecule has 0 aromatic heterocycles. The Hall–Kier alpha value is -0.410. The molecule has 0 saturated heterocycles. The Labute approximate surface area is 152 Å². The lowest BCUT2D eigenvalue weighted by Crippen LogP contribution is -2.44. The van der Waals surface area contributed by atoms with E-state index in [1.54, 1.807) is 0 Å². The lowest BCUT2D eigenvalue weighted by Gasteiger charge is -2.38. The Morgan fingerprint density at radius 2 is 1.35 bits per heavy atom. The molecule has 2 rings (SSSR count). The zero-order valence-electron chi connectivity index (χ0n) is 15.2. The molecule has 2 aliphatic carbocycles. The molecule has 1 N–H and O–H groups in total. The smallest absolute Gasteiger partial charge is 0.270 e. The van der Waals surface area contributed by atoms with E-state index in [2.05, 4.69) is 0 Å². The van der Waals surface area contributed by atoms with Crippen LogP contribution in [-0.4, -0.2) is 42.8 Å². The molecule has 0 bridgehead atoms. The Bertz CT molecular complexity index is 567. The second kappa shape index (κ2) is 7.54. The molecule has 2 aliphatic rings. The fourth-order valence-corrected chi connectivity index (χ4v) is 5.66. The van der Waals surface area contributed by atoms with Gasteiger partial charge in [-0.25, -0.2) is 17.6 Å². The van der Waals surface area contributed by atoms with Crippen molar-refractivity contribution in [2.24, 2.45) is 11.8 Å². The van der Waals surface area contributed by atoms with Crippen LogP contribution in [0.5, 0.6) is 0 Å². The van der Waals surface area contributed by atoms with Gasteiger partial charge in [-0.05, 0) is 65.2 Å². The average Bonchev–Trinajstić information content (AvgIpc) is 2.44. The zero-order valence-corrected chi connectivity index (χ0v) is 16.0. The van der Waals surface area contributed by atoms with Crippen molar-refractivity contribution in [1.29, 1.82) is 0 Å². The molecule has 0 unspecified atom stereocenters. The SMILES string of the molecule is CC(F)(F)C1CCC(OS(=O)(=O)CC2(O)CCC(C(C)(F)F)CC2)CC1. The van der Waals surface area contributed by atoms with Gasteiger partial charge in [0.05, 0.1) is 11.7 Å². The molecule has 9 heteroatoms. The summed E-state index contributed by atoms with van der Waals surface area (Å²) in [6, 6.07) is 0. The maximum absolute atomic E-state index is 13.3. The van der Waals surface area contributed by atoms with Gasteiger partial charge in [0.25, 0.3) is 10.1 Å². The van der Waals surface area contributed by atoms with Crippen LogP contribution in [0.25, 0.3) is 0 Å². The molecule has 2 saturated carbocycles. The number of rotatable bonds is 6. The van der Waals surface area contributed by atoms with Crippen LogP contribution < -0.4 is 0 Å². The van der Waals surface area contributed by atoms with Gasteiger partial charge in [0.2, 0.25) is 11.8 Å². The average molecular weight is 404 g/mol. The first kappa shape index (κ1) is 21.9. The number of alkyl halides is 4. The zero-order chi connectivity index (χ0) is 19.8. The minimum Gasteiger partial charge on any atom is -0.389 e. The summed E-state index contributed by atoms with van der Waals surface area (Å²) in [5, 5.41) is 10.5. The fraction of sp³-hybridized carbons (Fsp3) is 1.00. The summed E-state index contributed by atoms with van der Waals surface area (Å²) < 4.78 is 82.9. The highest BCUT2D eigenvalue weighted by Crippen LogP contribution is 2.41. The van der Waals surface area contributed by atoms with Crippen LogP contribution in [0.15, 0.2) is 0 Å². The molecule has 2 fully saturated rings. The van der Waals surface area contributed by atoms with Crippen LogP contribution in [0.4, 0.5) is 17.6 Å². The summed E-state index contributed by atoms with van der Waals surface area (Å²) in [5.41, 5.74) is -1.58. The standard InChI is InChI=1S/C17H28F4O4S/c1-15(18,19)12-3-5-14(6-4-12)25-26(23,24)11-17(22)9-7-13(8-10-17)16(2,20)21/h12-14,22H,3-11H2,1-2H3. The molecule has 0 amide bonds. The van der Waals surface area contributed by atoms with Crippen LogP contribution >= 0.6 is 0 Å². The number of hydrogen-bond acceptors (Lipinski definition) is 4. The van der Waals surface area contributed by atoms with Crippen molar-refractivity contribution in [2.75, 3.05) is 5.75 Å². The van der Waals surface area contributed by atoms with E-state index in [9.17, 15) is 31.1 Å². The summed E-state index contributed by atoms with van der Waals surface area (Å²) in [6.07, 6.45) is 0.169.